The number of benzene rings is 2. The van der Waals surface area contributed by atoms with E-state index in [1.165, 1.54) is 12.1 Å². The van der Waals surface area contributed by atoms with Gasteiger partial charge in [-0.1, -0.05) is 53.5 Å². The molecule has 88 valence electrons. The van der Waals surface area contributed by atoms with Gasteiger partial charge in [0.1, 0.15) is 6.61 Å². The van der Waals surface area contributed by atoms with Gasteiger partial charge in [-0.2, -0.15) is 0 Å². The predicted octanol–water partition coefficient (Wildman–Crippen LogP) is 4.71. The molecule has 0 radical (unpaired) electrons. The molecule has 17 heavy (non-hydrogen) atoms. The molecule has 0 spiro atoms. The van der Waals surface area contributed by atoms with Crippen molar-refractivity contribution in [1.82, 2.24) is 0 Å². The minimum Gasteiger partial charge on any atom is -0.486 e. The van der Waals surface area contributed by atoms with E-state index in [4.69, 9.17) is 27.9 Å². The van der Waals surface area contributed by atoms with E-state index in [1.807, 2.05) is 30.3 Å². The Morgan fingerprint density at radius 2 is 1.76 bits per heavy atom. The lowest BCUT2D eigenvalue weighted by Gasteiger charge is -2.08. The first-order chi connectivity index (χ1) is 8.16. The predicted molar refractivity (Wildman–Crippen MR) is 67.2 cm³/mol. The van der Waals surface area contributed by atoms with E-state index in [2.05, 4.69) is 0 Å². The van der Waals surface area contributed by atoms with E-state index in [9.17, 15) is 4.39 Å². The lowest BCUT2D eigenvalue weighted by molar-refractivity contribution is 0.290. The van der Waals surface area contributed by atoms with E-state index >= 15 is 0 Å². The number of rotatable bonds is 3. The van der Waals surface area contributed by atoms with Crippen LogP contribution in [-0.2, 0) is 6.61 Å². The molecular formula is C13H9Cl2FO. The van der Waals surface area contributed by atoms with Crippen LogP contribution >= 0.6 is 23.2 Å². The topological polar surface area (TPSA) is 9.23 Å². The van der Waals surface area contributed by atoms with Gasteiger partial charge in [0, 0.05) is 11.1 Å². The largest absolute Gasteiger partial charge is 0.486 e. The van der Waals surface area contributed by atoms with Crippen LogP contribution in [0.1, 0.15) is 5.56 Å². The van der Waals surface area contributed by atoms with Crippen molar-refractivity contribution in [3.8, 4) is 5.75 Å². The van der Waals surface area contributed by atoms with E-state index in [1.54, 1.807) is 0 Å². The molecule has 0 saturated heterocycles. The Kier molecular flexibility index (Phi) is 3.87. The van der Waals surface area contributed by atoms with Crippen LogP contribution in [0.15, 0.2) is 42.5 Å². The molecule has 0 aromatic heterocycles. The molecule has 0 atom stereocenters. The maximum absolute atomic E-state index is 13.6. The highest BCUT2D eigenvalue weighted by molar-refractivity contribution is 6.34. The number of ether oxygens (including phenoxy) is 1. The smallest absolute Gasteiger partial charge is 0.183 e. The van der Waals surface area contributed by atoms with Crippen LogP contribution in [0.4, 0.5) is 4.39 Å². The molecule has 0 fully saturated rings. The molecule has 0 unspecified atom stereocenters. The van der Waals surface area contributed by atoms with Crippen molar-refractivity contribution in [3.05, 3.63) is 63.9 Å². The zero-order valence-corrected chi connectivity index (χ0v) is 10.3. The second-order valence-corrected chi connectivity index (χ2v) is 4.32. The summed E-state index contributed by atoms with van der Waals surface area (Å²) in [4.78, 5) is 0. The van der Waals surface area contributed by atoms with Crippen molar-refractivity contribution in [2.45, 2.75) is 6.61 Å². The van der Waals surface area contributed by atoms with Crippen LogP contribution < -0.4 is 4.74 Å². The monoisotopic (exact) mass is 270 g/mol. The Morgan fingerprint density at radius 3 is 2.47 bits per heavy atom. The van der Waals surface area contributed by atoms with Gasteiger partial charge in [0.05, 0.1) is 5.02 Å². The first-order valence-corrected chi connectivity index (χ1v) is 5.73. The quantitative estimate of drug-likeness (QED) is 0.734. The minimum atomic E-state index is -0.591. The molecule has 2 aromatic carbocycles. The highest BCUT2D eigenvalue weighted by Crippen LogP contribution is 2.29. The van der Waals surface area contributed by atoms with Crippen LogP contribution in [0, 0.1) is 5.82 Å². The standard InChI is InChI=1S/C13H9Cl2FO/c14-10-6-11(15)13(16)12(7-10)17-8-9-4-2-1-3-5-9/h1-7H,8H2. The van der Waals surface area contributed by atoms with Crippen molar-refractivity contribution in [2.24, 2.45) is 0 Å². The summed E-state index contributed by atoms with van der Waals surface area (Å²) in [6, 6.07) is 12.2. The van der Waals surface area contributed by atoms with Gasteiger partial charge in [-0.15, -0.1) is 0 Å². The summed E-state index contributed by atoms with van der Waals surface area (Å²) in [6.07, 6.45) is 0. The fraction of sp³-hybridized carbons (Fsp3) is 0.0769. The molecule has 0 saturated carbocycles. The fourth-order valence-electron chi connectivity index (χ4n) is 1.37. The molecule has 4 heteroatoms. The van der Waals surface area contributed by atoms with E-state index in [0.717, 1.165) is 5.56 Å². The SMILES string of the molecule is Fc1c(Cl)cc(Cl)cc1OCc1ccccc1. The number of halogens is 3. The van der Waals surface area contributed by atoms with Crippen LogP contribution in [0.5, 0.6) is 5.75 Å². The Bertz CT molecular complexity index is 514. The van der Waals surface area contributed by atoms with E-state index in [-0.39, 0.29) is 17.4 Å². The second kappa shape index (κ2) is 5.39. The van der Waals surface area contributed by atoms with Gasteiger partial charge in [-0.25, -0.2) is 4.39 Å². The zero-order chi connectivity index (χ0) is 12.3. The second-order valence-electron chi connectivity index (χ2n) is 3.47. The van der Waals surface area contributed by atoms with Crippen molar-refractivity contribution in [3.63, 3.8) is 0 Å². The average molecular weight is 271 g/mol. The van der Waals surface area contributed by atoms with Crippen molar-refractivity contribution in [2.75, 3.05) is 0 Å². The lowest BCUT2D eigenvalue weighted by Crippen LogP contribution is -1.97. The summed E-state index contributed by atoms with van der Waals surface area (Å²) >= 11 is 11.4. The number of hydrogen-bond donors (Lipinski definition) is 0. The molecule has 0 amide bonds. The molecule has 0 aliphatic rings. The molecule has 0 aliphatic heterocycles. The summed E-state index contributed by atoms with van der Waals surface area (Å²) in [5.74, 6) is -0.529. The van der Waals surface area contributed by atoms with Gasteiger partial charge in [-0.05, 0) is 11.6 Å². The van der Waals surface area contributed by atoms with Gasteiger partial charge in [0.25, 0.3) is 0 Å². The maximum Gasteiger partial charge on any atom is 0.183 e. The average Bonchev–Trinajstić information content (AvgIpc) is 2.33. The normalized spacial score (nSPS) is 10.3. The fourth-order valence-corrected chi connectivity index (χ4v) is 1.85. The molecule has 0 N–H and O–H groups in total. The van der Waals surface area contributed by atoms with Crippen LogP contribution in [0.25, 0.3) is 0 Å². The van der Waals surface area contributed by atoms with Gasteiger partial charge in [-0.3, -0.25) is 0 Å². The van der Waals surface area contributed by atoms with Gasteiger partial charge in [0.2, 0.25) is 0 Å². The summed E-state index contributed by atoms with van der Waals surface area (Å²) in [5, 5.41) is 0.306. The van der Waals surface area contributed by atoms with Crippen LogP contribution in [0.2, 0.25) is 10.0 Å². The Hall–Kier alpha value is -1.25. The Morgan fingerprint density at radius 1 is 1.06 bits per heavy atom. The Labute approximate surface area is 109 Å². The third-order valence-corrected chi connectivity index (χ3v) is 2.69. The zero-order valence-electron chi connectivity index (χ0n) is 8.79. The summed E-state index contributed by atoms with van der Waals surface area (Å²) in [5.41, 5.74) is 0.947. The first-order valence-electron chi connectivity index (χ1n) is 4.98. The summed E-state index contributed by atoms with van der Waals surface area (Å²) in [7, 11) is 0. The third kappa shape index (κ3) is 3.11. The van der Waals surface area contributed by atoms with E-state index in [0.29, 0.717) is 5.02 Å². The first kappa shape index (κ1) is 12.2. The van der Waals surface area contributed by atoms with Crippen LogP contribution in [-0.4, -0.2) is 0 Å². The van der Waals surface area contributed by atoms with Gasteiger partial charge < -0.3 is 4.74 Å². The Balaban J connectivity index is 2.14. The molecule has 0 aliphatic carbocycles. The molecule has 2 rings (SSSR count). The third-order valence-electron chi connectivity index (χ3n) is 2.20. The van der Waals surface area contributed by atoms with Crippen molar-refractivity contribution in [1.29, 1.82) is 0 Å². The van der Waals surface area contributed by atoms with Crippen molar-refractivity contribution >= 4 is 23.2 Å². The summed E-state index contributed by atoms with van der Waals surface area (Å²) < 4.78 is 18.9. The van der Waals surface area contributed by atoms with Crippen LogP contribution in [0.3, 0.4) is 0 Å². The highest BCUT2D eigenvalue weighted by Gasteiger charge is 2.10. The highest BCUT2D eigenvalue weighted by atomic mass is 35.5. The number of hydrogen-bond acceptors (Lipinski definition) is 1. The van der Waals surface area contributed by atoms with E-state index < -0.39 is 5.82 Å². The van der Waals surface area contributed by atoms with Crippen molar-refractivity contribution < 1.29 is 9.13 Å². The van der Waals surface area contributed by atoms with Gasteiger partial charge >= 0.3 is 0 Å². The molecule has 1 nitrogen and oxygen atoms in total. The summed E-state index contributed by atoms with van der Waals surface area (Å²) in [6.45, 7) is 0.272. The lowest BCUT2D eigenvalue weighted by atomic mass is 10.2. The maximum atomic E-state index is 13.6. The minimum absolute atomic E-state index is 0.0411. The molecule has 2 aromatic rings. The molecule has 0 bridgehead atoms. The van der Waals surface area contributed by atoms with Gasteiger partial charge in [0.15, 0.2) is 11.6 Å². The molecular weight excluding hydrogens is 262 g/mol. The molecule has 0 heterocycles.